The Morgan fingerprint density at radius 3 is 2.59 bits per heavy atom. The summed E-state index contributed by atoms with van der Waals surface area (Å²) in [5.74, 6) is -1.07. The first-order valence-electron chi connectivity index (χ1n) is 8.43. The van der Waals surface area contributed by atoms with E-state index < -0.39 is 17.3 Å². The van der Waals surface area contributed by atoms with Crippen LogP contribution in [0.25, 0.3) is 0 Å². The van der Waals surface area contributed by atoms with E-state index in [1.165, 1.54) is 29.2 Å². The van der Waals surface area contributed by atoms with Crippen LogP contribution in [0.2, 0.25) is 0 Å². The van der Waals surface area contributed by atoms with Crippen molar-refractivity contribution in [2.75, 3.05) is 4.90 Å². The van der Waals surface area contributed by atoms with Crippen LogP contribution < -0.4 is 4.90 Å². The predicted molar refractivity (Wildman–Crippen MR) is 98.2 cm³/mol. The Hall–Kier alpha value is -3.49. The van der Waals surface area contributed by atoms with E-state index in [9.17, 15) is 14.3 Å². The van der Waals surface area contributed by atoms with Gasteiger partial charge in [-0.2, -0.15) is 5.26 Å². The standard InChI is InChI=1S/C22H15FN2O2/c23-18-8-4-7-17(12-18)22(27)19-9-1-2-10-20(19)25(21(22)26)14-16-6-3-5-15(11-16)13-24/h1-12,27H,14H2/t22-/m0/s1. The second kappa shape index (κ2) is 6.35. The van der Waals surface area contributed by atoms with Crippen LogP contribution in [0.5, 0.6) is 0 Å². The molecule has 0 unspecified atom stereocenters. The lowest BCUT2D eigenvalue weighted by Crippen LogP contribution is -2.41. The quantitative estimate of drug-likeness (QED) is 0.780. The number of nitriles is 1. The SMILES string of the molecule is N#Cc1cccc(CN2C(=O)[C@](O)(c3cccc(F)c3)c3ccccc32)c1. The smallest absolute Gasteiger partial charge is 0.268 e. The summed E-state index contributed by atoms with van der Waals surface area (Å²) in [6.07, 6.45) is 0. The van der Waals surface area contributed by atoms with Gasteiger partial charge in [-0.3, -0.25) is 4.79 Å². The zero-order valence-corrected chi connectivity index (χ0v) is 14.3. The van der Waals surface area contributed by atoms with Crippen molar-refractivity contribution in [2.45, 2.75) is 12.1 Å². The summed E-state index contributed by atoms with van der Waals surface area (Å²) in [6, 6.07) is 21.4. The second-order valence-corrected chi connectivity index (χ2v) is 6.44. The molecule has 1 aliphatic rings. The van der Waals surface area contributed by atoms with Crippen molar-refractivity contribution in [3.05, 3.63) is 101 Å². The van der Waals surface area contributed by atoms with Gasteiger partial charge in [0.1, 0.15) is 5.82 Å². The number of halogens is 1. The van der Waals surface area contributed by atoms with Crippen molar-refractivity contribution in [2.24, 2.45) is 0 Å². The third-order valence-corrected chi connectivity index (χ3v) is 4.78. The molecule has 0 saturated carbocycles. The molecule has 1 atom stereocenters. The molecule has 0 aromatic heterocycles. The Bertz CT molecular complexity index is 1090. The van der Waals surface area contributed by atoms with E-state index in [0.717, 1.165) is 5.56 Å². The summed E-state index contributed by atoms with van der Waals surface area (Å²) in [6.45, 7) is 0.197. The summed E-state index contributed by atoms with van der Waals surface area (Å²) >= 11 is 0. The van der Waals surface area contributed by atoms with Gasteiger partial charge < -0.3 is 10.0 Å². The van der Waals surface area contributed by atoms with Crippen LogP contribution in [0.1, 0.15) is 22.3 Å². The fourth-order valence-corrected chi connectivity index (χ4v) is 3.51. The van der Waals surface area contributed by atoms with Gasteiger partial charge in [0.2, 0.25) is 0 Å². The van der Waals surface area contributed by atoms with Crippen LogP contribution >= 0.6 is 0 Å². The van der Waals surface area contributed by atoms with Crippen molar-refractivity contribution in [1.29, 1.82) is 5.26 Å². The maximum atomic E-state index is 13.8. The van der Waals surface area contributed by atoms with Gasteiger partial charge in [0.25, 0.3) is 5.91 Å². The average Bonchev–Trinajstić information content (AvgIpc) is 2.91. The number of anilines is 1. The van der Waals surface area contributed by atoms with Crippen LogP contribution in [0, 0.1) is 17.1 Å². The Balaban J connectivity index is 1.81. The molecule has 132 valence electrons. The van der Waals surface area contributed by atoms with Crippen molar-refractivity contribution >= 4 is 11.6 Å². The molecular formula is C22H15FN2O2. The number of benzene rings is 3. The molecule has 3 aromatic rings. The Labute approximate surface area is 155 Å². The van der Waals surface area contributed by atoms with Crippen molar-refractivity contribution in [1.82, 2.24) is 0 Å². The number of rotatable bonds is 3. The minimum Gasteiger partial charge on any atom is -0.372 e. The molecule has 1 N–H and O–H groups in total. The highest BCUT2D eigenvalue weighted by Gasteiger charge is 2.51. The second-order valence-electron chi connectivity index (χ2n) is 6.44. The molecular weight excluding hydrogens is 343 g/mol. The summed E-state index contributed by atoms with van der Waals surface area (Å²) in [4.78, 5) is 14.7. The number of aliphatic hydroxyl groups is 1. The zero-order chi connectivity index (χ0) is 19.0. The summed E-state index contributed by atoms with van der Waals surface area (Å²) in [5.41, 5.74) is 0.473. The third-order valence-electron chi connectivity index (χ3n) is 4.78. The van der Waals surface area contributed by atoms with Gasteiger partial charge in [0, 0.05) is 11.1 Å². The van der Waals surface area contributed by atoms with E-state index in [1.807, 2.05) is 6.07 Å². The monoisotopic (exact) mass is 358 g/mol. The molecule has 1 amide bonds. The van der Waals surface area contributed by atoms with Crippen LogP contribution in [-0.2, 0) is 16.9 Å². The number of fused-ring (bicyclic) bond motifs is 1. The number of carbonyl (C=O) groups is 1. The number of hydrogen-bond acceptors (Lipinski definition) is 3. The molecule has 0 saturated heterocycles. The van der Waals surface area contributed by atoms with Crippen LogP contribution in [0.3, 0.4) is 0 Å². The molecule has 1 heterocycles. The summed E-state index contributed by atoms with van der Waals surface area (Å²) in [7, 11) is 0. The maximum absolute atomic E-state index is 13.8. The minimum absolute atomic E-state index is 0.188. The van der Waals surface area contributed by atoms with Gasteiger partial charge in [-0.05, 0) is 35.9 Å². The molecule has 27 heavy (non-hydrogen) atoms. The minimum atomic E-state index is -1.95. The van der Waals surface area contributed by atoms with E-state index in [4.69, 9.17) is 5.26 Å². The van der Waals surface area contributed by atoms with E-state index >= 15 is 0 Å². The molecule has 1 aliphatic heterocycles. The number of carbonyl (C=O) groups excluding carboxylic acids is 1. The first-order valence-corrected chi connectivity index (χ1v) is 8.43. The highest BCUT2D eigenvalue weighted by Crippen LogP contribution is 2.45. The fourth-order valence-electron chi connectivity index (χ4n) is 3.51. The maximum Gasteiger partial charge on any atom is 0.268 e. The number of amides is 1. The third kappa shape index (κ3) is 2.67. The topological polar surface area (TPSA) is 64.3 Å². The van der Waals surface area contributed by atoms with E-state index in [2.05, 4.69) is 6.07 Å². The highest BCUT2D eigenvalue weighted by atomic mass is 19.1. The lowest BCUT2D eigenvalue weighted by atomic mass is 9.87. The van der Waals surface area contributed by atoms with E-state index in [-0.39, 0.29) is 12.1 Å². The lowest BCUT2D eigenvalue weighted by Gasteiger charge is -2.24. The normalized spacial score (nSPS) is 18.3. The number of para-hydroxylation sites is 1. The number of nitrogens with zero attached hydrogens (tertiary/aromatic N) is 2. The molecule has 0 bridgehead atoms. The molecule has 0 radical (unpaired) electrons. The van der Waals surface area contributed by atoms with E-state index in [0.29, 0.717) is 16.8 Å². The van der Waals surface area contributed by atoms with Gasteiger partial charge in [0.15, 0.2) is 5.60 Å². The van der Waals surface area contributed by atoms with Crippen molar-refractivity contribution < 1.29 is 14.3 Å². The Morgan fingerprint density at radius 2 is 1.81 bits per heavy atom. The van der Waals surface area contributed by atoms with Gasteiger partial charge >= 0.3 is 0 Å². The van der Waals surface area contributed by atoms with Gasteiger partial charge in [-0.15, -0.1) is 0 Å². The molecule has 0 spiro atoms. The fraction of sp³-hybridized carbons (Fsp3) is 0.0909. The highest BCUT2D eigenvalue weighted by molar-refractivity contribution is 6.09. The lowest BCUT2D eigenvalue weighted by molar-refractivity contribution is -0.132. The molecule has 4 rings (SSSR count). The predicted octanol–water partition coefficient (Wildman–Crippen LogP) is 3.48. The molecule has 0 fully saturated rings. The summed E-state index contributed by atoms with van der Waals surface area (Å²) in [5, 5.41) is 20.4. The summed E-state index contributed by atoms with van der Waals surface area (Å²) < 4.78 is 13.8. The first-order chi connectivity index (χ1) is 13.0. The van der Waals surface area contributed by atoms with Crippen molar-refractivity contribution in [3.63, 3.8) is 0 Å². The Morgan fingerprint density at radius 1 is 1.04 bits per heavy atom. The molecule has 4 nitrogen and oxygen atoms in total. The number of hydrogen-bond donors (Lipinski definition) is 1. The van der Waals surface area contributed by atoms with Gasteiger partial charge in [-0.1, -0.05) is 42.5 Å². The molecule has 0 aliphatic carbocycles. The average molecular weight is 358 g/mol. The first kappa shape index (κ1) is 17.0. The van der Waals surface area contributed by atoms with Crippen LogP contribution in [0.4, 0.5) is 10.1 Å². The van der Waals surface area contributed by atoms with Crippen LogP contribution in [0.15, 0.2) is 72.8 Å². The Kier molecular flexibility index (Phi) is 3.98. The van der Waals surface area contributed by atoms with E-state index in [1.54, 1.807) is 42.5 Å². The molecule has 5 heteroatoms. The molecule has 3 aromatic carbocycles. The van der Waals surface area contributed by atoms with Gasteiger partial charge in [-0.25, -0.2) is 4.39 Å². The van der Waals surface area contributed by atoms with Crippen LogP contribution in [-0.4, -0.2) is 11.0 Å². The van der Waals surface area contributed by atoms with Crippen molar-refractivity contribution in [3.8, 4) is 6.07 Å². The zero-order valence-electron chi connectivity index (χ0n) is 14.3. The van der Waals surface area contributed by atoms with Gasteiger partial charge in [0.05, 0.1) is 23.9 Å². The largest absolute Gasteiger partial charge is 0.372 e.